The topological polar surface area (TPSA) is 46.2 Å². The molecular formula is C13H20BrNO2S. The number of hydrogen-bond acceptors (Lipinski definition) is 2. The molecule has 3 nitrogen and oxygen atoms in total. The zero-order valence-electron chi connectivity index (χ0n) is 11.2. The minimum Gasteiger partial charge on any atom is -0.211 e. The van der Waals surface area contributed by atoms with Crippen LogP contribution in [0.2, 0.25) is 0 Å². The molecule has 0 amide bonds. The average molecular weight is 334 g/mol. The van der Waals surface area contributed by atoms with E-state index in [1.165, 1.54) is 0 Å². The highest BCUT2D eigenvalue weighted by molar-refractivity contribution is 9.10. The fraction of sp³-hybridized carbons (Fsp3) is 0.538. The van der Waals surface area contributed by atoms with Crippen LogP contribution in [0.25, 0.3) is 0 Å². The first kappa shape index (κ1) is 15.7. The van der Waals surface area contributed by atoms with Crippen molar-refractivity contribution in [1.82, 2.24) is 4.72 Å². The lowest BCUT2D eigenvalue weighted by Gasteiger charge is -2.27. The Hall–Kier alpha value is -0.390. The predicted octanol–water partition coefficient (Wildman–Crippen LogP) is 3.41. The van der Waals surface area contributed by atoms with Crippen molar-refractivity contribution in [3.8, 4) is 0 Å². The van der Waals surface area contributed by atoms with Crippen molar-refractivity contribution in [2.75, 3.05) is 6.54 Å². The van der Waals surface area contributed by atoms with Gasteiger partial charge in [0.2, 0.25) is 10.0 Å². The molecule has 1 N–H and O–H groups in total. The molecule has 0 aliphatic heterocycles. The molecule has 1 aromatic rings. The van der Waals surface area contributed by atoms with E-state index < -0.39 is 10.0 Å². The van der Waals surface area contributed by atoms with Gasteiger partial charge in [-0.2, -0.15) is 0 Å². The van der Waals surface area contributed by atoms with Crippen LogP contribution >= 0.6 is 15.9 Å². The van der Waals surface area contributed by atoms with Gasteiger partial charge in [-0.3, -0.25) is 0 Å². The van der Waals surface area contributed by atoms with E-state index in [9.17, 15) is 8.42 Å². The van der Waals surface area contributed by atoms with Gasteiger partial charge in [-0.1, -0.05) is 39.8 Å². The summed E-state index contributed by atoms with van der Waals surface area (Å²) < 4.78 is 27.5. The summed E-state index contributed by atoms with van der Waals surface area (Å²) in [6, 6.07) is 6.82. The lowest BCUT2D eigenvalue weighted by atomic mass is 9.82. The fourth-order valence-electron chi connectivity index (χ4n) is 1.28. The molecule has 0 spiro atoms. The summed E-state index contributed by atoms with van der Waals surface area (Å²) in [5, 5.41) is 0. The van der Waals surface area contributed by atoms with E-state index in [0.29, 0.717) is 11.0 Å². The third-order valence-electron chi connectivity index (χ3n) is 3.18. The molecule has 0 saturated carbocycles. The second-order valence-corrected chi connectivity index (χ2v) is 8.14. The first-order valence-corrected chi connectivity index (χ1v) is 8.16. The Morgan fingerprint density at radius 1 is 1.28 bits per heavy atom. The maximum absolute atomic E-state index is 12.1. The van der Waals surface area contributed by atoms with Crippen LogP contribution in [-0.4, -0.2) is 15.0 Å². The second kappa shape index (κ2) is 5.72. The number of hydrogen-bond donors (Lipinski definition) is 1. The molecule has 1 aromatic carbocycles. The normalized spacial score (nSPS) is 14.5. The number of rotatable bonds is 4. The van der Waals surface area contributed by atoms with Crippen LogP contribution in [0.1, 0.15) is 27.7 Å². The Bertz CT molecular complexity index is 506. The first-order valence-electron chi connectivity index (χ1n) is 5.89. The maximum atomic E-state index is 12.1. The summed E-state index contributed by atoms with van der Waals surface area (Å²) in [6.07, 6.45) is 0. The van der Waals surface area contributed by atoms with Crippen molar-refractivity contribution in [3.63, 3.8) is 0 Å². The van der Waals surface area contributed by atoms with Gasteiger partial charge in [-0.15, -0.1) is 0 Å². The van der Waals surface area contributed by atoms with Gasteiger partial charge < -0.3 is 0 Å². The molecule has 102 valence electrons. The van der Waals surface area contributed by atoms with Crippen LogP contribution in [0.4, 0.5) is 0 Å². The van der Waals surface area contributed by atoms with Gasteiger partial charge in [0.25, 0.3) is 0 Å². The van der Waals surface area contributed by atoms with Gasteiger partial charge in [-0.25, -0.2) is 13.1 Å². The van der Waals surface area contributed by atoms with Crippen LogP contribution in [0.3, 0.4) is 0 Å². The molecule has 0 fully saturated rings. The van der Waals surface area contributed by atoms with E-state index in [0.717, 1.165) is 0 Å². The Kier molecular flexibility index (Phi) is 4.98. The van der Waals surface area contributed by atoms with E-state index in [1.807, 2.05) is 6.92 Å². The number of benzene rings is 1. The third kappa shape index (κ3) is 4.07. The molecule has 0 aromatic heterocycles. The third-order valence-corrected chi connectivity index (χ3v) is 5.62. The molecule has 1 rings (SSSR count). The number of sulfonamides is 1. The van der Waals surface area contributed by atoms with Crippen molar-refractivity contribution < 1.29 is 8.42 Å². The van der Waals surface area contributed by atoms with E-state index in [1.54, 1.807) is 24.3 Å². The molecule has 0 bridgehead atoms. The Labute approximate surface area is 118 Å². The van der Waals surface area contributed by atoms with E-state index in [-0.39, 0.29) is 16.2 Å². The molecule has 0 saturated heterocycles. The molecular weight excluding hydrogens is 314 g/mol. The molecule has 1 atom stereocenters. The number of nitrogens with one attached hydrogen (secondary N) is 1. The molecule has 1 unspecified atom stereocenters. The van der Waals surface area contributed by atoms with Crippen molar-refractivity contribution in [1.29, 1.82) is 0 Å². The summed E-state index contributed by atoms with van der Waals surface area (Å²) in [4.78, 5) is 0.283. The molecule has 0 aliphatic carbocycles. The SMILES string of the molecule is CC(CNS(=O)(=O)c1ccccc1Br)C(C)(C)C. The smallest absolute Gasteiger partial charge is 0.211 e. The number of halogens is 1. The predicted molar refractivity (Wildman–Crippen MR) is 77.9 cm³/mol. The second-order valence-electron chi connectivity index (χ2n) is 5.55. The first-order chi connectivity index (χ1) is 8.14. The van der Waals surface area contributed by atoms with Crippen LogP contribution in [0.15, 0.2) is 33.6 Å². The minimum absolute atomic E-state index is 0.0798. The van der Waals surface area contributed by atoms with Crippen LogP contribution in [0.5, 0.6) is 0 Å². The van der Waals surface area contributed by atoms with Crippen molar-refractivity contribution in [3.05, 3.63) is 28.7 Å². The summed E-state index contributed by atoms with van der Waals surface area (Å²) in [5.41, 5.74) is 0.0798. The minimum atomic E-state index is -3.44. The Morgan fingerprint density at radius 2 is 1.83 bits per heavy atom. The van der Waals surface area contributed by atoms with Gasteiger partial charge in [0.15, 0.2) is 0 Å². The van der Waals surface area contributed by atoms with Gasteiger partial charge in [0, 0.05) is 11.0 Å². The van der Waals surface area contributed by atoms with Crippen LogP contribution in [-0.2, 0) is 10.0 Å². The quantitative estimate of drug-likeness (QED) is 0.917. The monoisotopic (exact) mass is 333 g/mol. The highest BCUT2D eigenvalue weighted by atomic mass is 79.9. The molecule has 0 aliphatic rings. The van der Waals surface area contributed by atoms with Crippen LogP contribution < -0.4 is 4.72 Å². The highest BCUT2D eigenvalue weighted by Gasteiger charge is 2.23. The van der Waals surface area contributed by atoms with Gasteiger partial charge >= 0.3 is 0 Å². The van der Waals surface area contributed by atoms with Gasteiger partial charge in [0.1, 0.15) is 0 Å². The summed E-state index contributed by atoms with van der Waals surface area (Å²) >= 11 is 3.26. The van der Waals surface area contributed by atoms with Crippen molar-refractivity contribution in [2.24, 2.45) is 11.3 Å². The molecule has 0 radical (unpaired) electrons. The van der Waals surface area contributed by atoms with Gasteiger partial charge in [0.05, 0.1) is 4.90 Å². The maximum Gasteiger partial charge on any atom is 0.241 e. The summed E-state index contributed by atoms with van der Waals surface area (Å²) in [7, 11) is -3.44. The van der Waals surface area contributed by atoms with E-state index >= 15 is 0 Å². The highest BCUT2D eigenvalue weighted by Crippen LogP contribution is 2.26. The lowest BCUT2D eigenvalue weighted by molar-refractivity contribution is 0.263. The van der Waals surface area contributed by atoms with E-state index in [2.05, 4.69) is 41.4 Å². The molecule has 0 heterocycles. The molecule has 18 heavy (non-hydrogen) atoms. The zero-order chi connectivity index (χ0) is 14.0. The van der Waals surface area contributed by atoms with Gasteiger partial charge in [-0.05, 0) is 39.4 Å². The Morgan fingerprint density at radius 3 is 2.33 bits per heavy atom. The van der Waals surface area contributed by atoms with Crippen molar-refractivity contribution in [2.45, 2.75) is 32.6 Å². The zero-order valence-corrected chi connectivity index (χ0v) is 13.6. The summed E-state index contributed by atoms with van der Waals surface area (Å²) in [5.74, 6) is 0.259. The largest absolute Gasteiger partial charge is 0.241 e. The molecule has 5 heteroatoms. The standard InChI is InChI=1S/C13H20BrNO2S/c1-10(13(2,3)4)9-15-18(16,17)12-8-6-5-7-11(12)14/h5-8,10,15H,9H2,1-4H3. The lowest BCUT2D eigenvalue weighted by Crippen LogP contribution is -2.33. The summed E-state index contributed by atoms with van der Waals surface area (Å²) in [6.45, 7) is 8.79. The van der Waals surface area contributed by atoms with E-state index in [4.69, 9.17) is 0 Å². The average Bonchev–Trinajstić information content (AvgIpc) is 2.25. The Balaban J connectivity index is 2.82. The van der Waals surface area contributed by atoms with Crippen LogP contribution in [0, 0.1) is 11.3 Å². The fourth-order valence-corrected chi connectivity index (χ4v) is 3.41. The van der Waals surface area contributed by atoms with Crippen molar-refractivity contribution >= 4 is 26.0 Å².